The third-order valence-corrected chi connectivity index (χ3v) is 3.41. The molecular weight excluding hydrogens is 196 g/mol. The number of fused-ring (bicyclic) bond motifs is 1. The highest BCUT2D eigenvalue weighted by Crippen LogP contribution is 2.30. The molecule has 0 bridgehead atoms. The summed E-state index contributed by atoms with van der Waals surface area (Å²) >= 11 is 1.59. The molecule has 0 aliphatic rings. The van der Waals surface area contributed by atoms with E-state index in [1.54, 1.807) is 11.3 Å². The van der Waals surface area contributed by atoms with Gasteiger partial charge in [-0.05, 0) is 36.4 Å². The fourth-order valence-electron chi connectivity index (χ4n) is 1.66. The van der Waals surface area contributed by atoms with Crippen molar-refractivity contribution in [2.45, 2.75) is 13.8 Å². The van der Waals surface area contributed by atoms with Crippen LogP contribution in [0.4, 0.5) is 0 Å². The Hall–Kier alpha value is -1.35. The van der Waals surface area contributed by atoms with Gasteiger partial charge in [0.15, 0.2) is 0 Å². The van der Waals surface area contributed by atoms with E-state index in [2.05, 4.69) is 0 Å². The van der Waals surface area contributed by atoms with Gasteiger partial charge in [0, 0.05) is 10.1 Å². The first-order valence-electron chi connectivity index (χ1n) is 4.32. The highest BCUT2D eigenvalue weighted by atomic mass is 32.1. The van der Waals surface area contributed by atoms with E-state index >= 15 is 0 Å². The van der Waals surface area contributed by atoms with Gasteiger partial charge < -0.3 is 5.11 Å². The van der Waals surface area contributed by atoms with Crippen LogP contribution in [0, 0.1) is 13.8 Å². The van der Waals surface area contributed by atoms with E-state index in [-0.39, 0.29) is 0 Å². The molecule has 0 saturated heterocycles. The average Bonchev–Trinajstić information content (AvgIpc) is 2.47. The Morgan fingerprint density at radius 2 is 2.00 bits per heavy atom. The highest BCUT2D eigenvalue weighted by Gasteiger charge is 2.14. The van der Waals surface area contributed by atoms with E-state index in [0.717, 1.165) is 21.2 Å². The second-order valence-electron chi connectivity index (χ2n) is 3.35. The summed E-state index contributed by atoms with van der Waals surface area (Å²) in [7, 11) is 0. The summed E-state index contributed by atoms with van der Waals surface area (Å²) in [4.78, 5) is 11.1. The van der Waals surface area contributed by atoms with Crippen molar-refractivity contribution in [3.63, 3.8) is 0 Å². The number of aryl methyl sites for hydroxylation is 2. The minimum atomic E-state index is -0.838. The van der Waals surface area contributed by atoms with Crippen LogP contribution in [0.2, 0.25) is 0 Å². The summed E-state index contributed by atoms with van der Waals surface area (Å²) in [5.74, 6) is -0.838. The van der Waals surface area contributed by atoms with E-state index in [9.17, 15) is 4.79 Å². The van der Waals surface area contributed by atoms with Gasteiger partial charge in [-0.1, -0.05) is 6.07 Å². The van der Waals surface area contributed by atoms with Crippen LogP contribution in [0.25, 0.3) is 10.1 Å². The van der Waals surface area contributed by atoms with Crippen molar-refractivity contribution in [3.05, 3.63) is 34.2 Å². The number of carboxylic acids is 1. The second kappa shape index (κ2) is 3.10. The van der Waals surface area contributed by atoms with Crippen LogP contribution < -0.4 is 0 Å². The summed E-state index contributed by atoms with van der Waals surface area (Å²) < 4.78 is 1.05. The largest absolute Gasteiger partial charge is 0.478 e. The molecule has 0 spiro atoms. The maximum Gasteiger partial charge on any atom is 0.336 e. The van der Waals surface area contributed by atoms with Crippen molar-refractivity contribution in [2.75, 3.05) is 0 Å². The molecule has 2 aromatic rings. The molecule has 0 aliphatic carbocycles. The molecule has 0 radical (unpaired) electrons. The lowest BCUT2D eigenvalue weighted by atomic mass is 10.0. The minimum absolute atomic E-state index is 0.446. The first-order chi connectivity index (χ1) is 6.61. The lowest BCUT2D eigenvalue weighted by Gasteiger charge is -2.03. The molecule has 0 amide bonds. The molecule has 3 heteroatoms. The van der Waals surface area contributed by atoms with Gasteiger partial charge in [0.05, 0.1) is 5.56 Å². The van der Waals surface area contributed by atoms with Crippen molar-refractivity contribution in [1.29, 1.82) is 0 Å². The number of hydrogen-bond acceptors (Lipinski definition) is 2. The number of aromatic carboxylic acids is 1. The Kier molecular flexibility index (Phi) is 2.04. The lowest BCUT2D eigenvalue weighted by Crippen LogP contribution is -2.00. The maximum atomic E-state index is 11.1. The zero-order valence-electron chi connectivity index (χ0n) is 8.00. The molecule has 1 N–H and O–H groups in total. The van der Waals surface area contributed by atoms with Crippen molar-refractivity contribution in [3.8, 4) is 0 Å². The molecule has 2 nitrogen and oxygen atoms in total. The van der Waals surface area contributed by atoms with Crippen LogP contribution in [0.3, 0.4) is 0 Å². The number of carbonyl (C=O) groups is 1. The summed E-state index contributed by atoms with van der Waals surface area (Å²) in [6.45, 7) is 3.78. The molecule has 14 heavy (non-hydrogen) atoms. The van der Waals surface area contributed by atoms with Gasteiger partial charge in [-0.3, -0.25) is 0 Å². The molecule has 1 heterocycles. The van der Waals surface area contributed by atoms with E-state index in [0.29, 0.717) is 5.56 Å². The first kappa shape index (κ1) is 9.21. The fourth-order valence-corrected chi connectivity index (χ4v) is 2.61. The average molecular weight is 206 g/mol. The Balaban J connectivity index is 2.94. The van der Waals surface area contributed by atoms with Gasteiger partial charge in [0.2, 0.25) is 0 Å². The minimum Gasteiger partial charge on any atom is -0.478 e. The molecule has 2 rings (SSSR count). The Morgan fingerprint density at radius 3 is 2.64 bits per heavy atom. The van der Waals surface area contributed by atoms with Crippen LogP contribution in [0.5, 0.6) is 0 Å². The van der Waals surface area contributed by atoms with Gasteiger partial charge in [-0.2, -0.15) is 0 Å². The third-order valence-electron chi connectivity index (χ3n) is 2.35. The SMILES string of the molecule is Cc1ccc2scc(C)c2c1C(=O)O. The second-order valence-corrected chi connectivity index (χ2v) is 4.27. The van der Waals surface area contributed by atoms with Crippen molar-refractivity contribution < 1.29 is 9.90 Å². The molecule has 0 saturated carbocycles. The van der Waals surface area contributed by atoms with Crippen LogP contribution >= 0.6 is 11.3 Å². The predicted molar refractivity (Wildman–Crippen MR) is 58.3 cm³/mol. The molecular formula is C11H10O2S. The number of rotatable bonds is 1. The first-order valence-corrected chi connectivity index (χ1v) is 5.20. The molecule has 1 aromatic carbocycles. The standard InChI is InChI=1S/C11H10O2S/c1-6-3-4-8-9(7(2)5-14-8)10(6)11(12)13/h3-5H,1-2H3,(H,12,13). The summed E-state index contributed by atoms with van der Waals surface area (Å²) in [5.41, 5.74) is 2.32. The van der Waals surface area contributed by atoms with Crippen LogP contribution in [-0.4, -0.2) is 11.1 Å². The summed E-state index contributed by atoms with van der Waals surface area (Å²) in [6.07, 6.45) is 0. The fraction of sp³-hybridized carbons (Fsp3) is 0.182. The molecule has 0 aliphatic heterocycles. The van der Waals surface area contributed by atoms with Gasteiger partial charge in [-0.15, -0.1) is 11.3 Å². The summed E-state index contributed by atoms with van der Waals surface area (Å²) in [5, 5.41) is 12.0. The number of hydrogen-bond donors (Lipinski definition) is 1. The van der Waals surface area contributed by atoms with Crippen LogP contribution in [0.15, 0.2) is 17.5 Å². The topological polar surface area (TPSA) is 37.3 Å². The zero-order chi connectivity index (χ0) is 10.3. The third kappa shape index (κ3) is 1.21. The quantitative estimate of drug-likeness (QED) is 0.777. The number of carboxylic acid groups (broad SMARTS) is 1. The zero-order valence-corrected chi connectivity index (χ0v) is 8.81. The van der Waals surface area contributed by atoms with Gasteiger partial charge >= 0.3 is 5.97 Å². The number of benzene rings is 1. The van der Waals surface area contributed by atoms with Crippen molar-refractivity contribution in [2.24, 2.45) is 0 Å². The Labute approximate surface area is 85.8 Å². The van der Waals surface area contributed by atoms with Gasteiger partial charge in [0.1, 0.15) is 0 Å². The van der Waals surface area contributed by atoms with Gasteiger partial charge in [-0.25, -0.2) is 4.79 Å². The molecule has 0 atom stereocenters. The smallest absolute Gasteiger partial charge is 0.336 e. The normalized spacial score (nSPS) is 10.7. The monoisotopic (exact) mass is 206 g/mol. The maximum absolute atomic E-state index is 11.1. The molecule has 1 aromatic heterocycles. The van der Waals surface area contributed by atoms with Gasteiger partial charge in [0.25, 0.3) is 0 Å². The number of thiophene rings is 1. The van der Waals surface area contributed by atoms with E-state index < -0.39 is 5.97 Å². The molecule has 0 unspecified atom stereocenters. The van der Waals surface area contributed by atoms with E-state index in [4.69, 9.17) is 5.11 Å². The lowest BCUT2D eigenvalue weighted by molar-refractivity contribution is 0.0698. The van der Waals surface area contributed by atoms with Crippen LogP contribution in [-0.2, 0) is 0 Å². The summed E-state index contributed by atoms with van der Waals surface area (Å²) in [6, 6.07) is 3.84. The van der Waals surface area contributed by atoms with Crippen molar-refractivity contribution in [1.82, 2.24) is 0 Å². The highest BCUT2D eigenvalue weighted by molar-refractivity contribution is 7.17. The Morgan fingerprint density at radius 1 is 1.29 bits per heavy atom. The molecule has 0 fully saturated rings. The van der Waals surface area contributed by atoms with Crippen molar-refractivity contribution >= 4 is 27.4 Å². The Bertz CT molecular complexity index is 511. The van der Waals surface area contributed by atoms with Crippen LogP contribution in [0.1, 0.15) is 21.5 Å². The predicted octanol–water partition coefficient (Wildman–Crippen LogP) is 3.22. The van der Waals surface area contributed by atoms with E-state index in [1.165, 1.54) is 0 Å². The molecule has 72 valence electrons. The van der Waals surface area contributed by atoms with E-state index in [1.807, 2.05) is 31.4 Å².